The SMILES string of the molecule is CC(CC(=O)N1CCCC1CC(=O)O)c1ccc(F)cc1. The summed E-state index contributed by atoms with van der Waals surface area (Å²) in [6.07, 6.45) is 1.94. The van der Waals surface area contributed by atoms with Crippen molar-refractivity contribution in [1.29, 1.82) is 0 Å². The minimum absolute atomic E-state index is 0.0100. The zero-order chi connectivity index (χ0) is 15.4. The van der Waals surface area contributed by atoms with E-state index in [1.807, 2.05) is 6.92 Å². The molecule has 1 heterocycles. The molecule has 0 aliphatic carbocycles. The molecule has 0 aromatic heterocycles. The van der Waals surface area contributed by atoms with Crippen molar-refractivity contribution in [2.24, 2.45) is 0 Å². The lowest BCUT2D eigenvalue weighted by molar-refractivity contribution is -0.140. The molecule has 2 unspecified atom stereocenters. The number of benzene rings is 1. The third-order valence-corrected chi connectivity index (χ3v) is 4.03. The van der Waals surface area contributed by atoms with Gasteiger partial charge in [-0.05, 0) is 36.5 Å². The topological polar surface area (TPSA) is 57.6 Å². The standard InChI is InChI=1S/C16H20FNO3/c1-11(12-4-6-13(17)7-5-12)9-15(19)18-8-2-3-14(18)10-16(20)21/h4-7,11,14H,2-3,8-10H2,1H3,(H,20,21). The van der Waals surface area contributed by atoms with E-state index in [1.165, 1.54) is 12.1 Å². The second-order valence-electron chi connectivity index (χ2n) is 5.64. The fourth-order valence-electron chi connectivity index (χ4n) is 2.87. The first kappa shape index (κ1) is 15.5. The molecular formula is C16H20FNO3. The smallest absolute Gasteiger partial charge is 0.305 e. The van der Waals surface area contributed by atoms with Crippen molar-refractivity contribution < 1.29 is 19.1 Å². The third-order valence-electron chi connectivity index (χ3n) is 4.03. The predicted octanol–water partition coefficient (Wildman–Crippen LogP) is 2.79. The van der Waals surface area contributed by atoms with Gasteiger partial charge < -0.3 is 10.0 Å². The number of carbonyl (C=O) groups is 2. The van der Waals surface area contributed by atoms with Gasteiger partial charge in [0.1, 0.15) is 5.82 Å². The van der Waals surface area contributed by atoms with Crippen LogP contribution in [-0.4, -0.2) is 34.5 Å². The van der Waals surface area contributed by atoms with Gasteiger partial charge in [-0.3, -0.25) is 9.59 Å². The number of aliphatic carboxylic acids is 1. The normalized spacial score (nSPS) is 19.5. The monoisotopic (exact) mass is 293 g/mol. The average Bonchev–Trinajstić information content (AvgIpc) is 2.86. The van der Waals surface area contributed by atoms with Crippen LogP contribution in [0.15, 0.2) is 24.3 Å². The van der Waals surface area contributed by atoms with E-state index in [1.54, 1.807) is 17.0 Å². The molecule has 1 aliphatic heterocycles. The van der Waals surface area contributed by atoms with Gasteiger partial charge in [-0.25, -0.2) is 4.39 Å². The van der Waals surface area contributed by atoms with Crippen LogP contribution in [0, 0.1) is 5.82 Å². The molecule has 1 aromatic rings. The van der Waals surface area contributed by atoms with Crippen molar-refractivity contribution in [3.8, 4) is 0 Å². The molecule has 1 N–H and O–H groups in total. The van der Waals surface area contributed by atoms with Crippen molar-refractivity contribution in [3.63, 3.8) is 0 Å². The molecule has 4 nitrogen and oxygen atoms in total. The molecule has 2 atom stereocenters. The Morgan fingerprint density at radius 2 is 2.05 bits per heavy atom. The maximum absolute atomic E-state index is 12.9. The Morgan fingerprint density at radius 1 is 1.38 bits per heavy atom. The highest BCUT2D eigenvalue weighted by Gasteiger charge is 2.30. The number of carbonyl (C=O) groups excluding carboxylic acids is 1. The lowest BCUT2D eigenvalue weighted by atomic mass is 9.97. The first-order valence-electron chi connectivity index (χ1n) is 7.24. The van der Waals surface area contributed by atoms with E-state index in [0.29, 0.717) is 13.0 Å². The van der Waals surface area contributed by atoms with Gasteiger partial charge >= 0.3 is 5.97 Å². The summed E-state index contributed by atoms with van der Waals surface area (Å²) in [6, 6.07) is 5.96. The van der Waals surface area contributed by atoms with Crippen molar-refractivity contribution in [2.45, 2.75) is 44.6 Å². The van der Waals surface area contributed by atoms with Crippen LogP contribution < -0.4 is 0 Å². The van der Waals surface area contributed by atoms with Crippen LogP contribution in [0.3, 0.4) is 0 Å². The van der Waals surface area contributed by atoms with Gasteiger partial charge in [0.2, 0.25) is 5.91 Å². The molecule has 5 heteroatoms. The van der Waals surface area contributed by atoms with Crippen molar-refractivity contribution in [3.05, 3.63) is 35.6 Å². The highest BCUT2D eigenvalue weighted by Crippen LogP contribution is 2.25. The van der Waals surface area contributed by atoms with E-state index in [4.69, 9.17) is 5.11 Å². The number of hydrogen-bond donors (Lipinski definition) is 1. The van der Waals surface area contributed by atoms with Crippen LogP contribution in [-0.2, 0) is 9.59 Å². The molecule has 21 heavy (non-hydrogen) atoms. The van der Waals surface area contributed by atoms with Crippen LogP contribution in [0.2, 0.25) is 0 Å². The first-order chi connectivity index (χ1) is 9.97. The summed E-state index contributed by atoms with van der Waals surface area (Å²) in [4.78, 5) is 24.9. The molecule has 1 amide bonds. The summed E-state index contributed by atoms with van der Waals surface area (Å²) in [6.45, 7) is 2.56. The lowest BCUT2D eigenvalue weighted by Gasteiger charge is -2.25. The van der Waals surface area contributed by atoms with Crippen molar-refractivity contribution in [1.82, 2.24) is 4.90 Å². The molecule has 0 bridgehead atoms. The summed E-state index contributed by atoms with van der Waals surface area (Å²) in [5, 5.41) is 8.89. The molecule has 1 aromatic carbocycles. The van der Waals surface area contributed by atoms with Crippen molar-refractivity contribution >= 4 is 11.9 Å². The lowest BCUT2D eigenvalue weighted by Crippen LogP contribution is -2.37. The molecule has 1 fully saturated rings. The first-order valence-corrected chi connectivity index (χ1v) is 7.24. The Morgan fingerprint density at radius 3 is 2.67 bits per heavy atom. The van der Waals surface area contributed by atoms with E-state index in [0.717, 1.165) is 18.4 Å². The van der Waals surface area contributed by atoms with Gasteiger partial charge in [0.25, 0.3) is 0 Å². The van der Waals surface area contributed by atoms with Crippen LogP contribution in [0.5, 0.6) is 0 Å². The predicted molar refractivity (Wildman–Crippen MR) is 76.4 cm³/mol. The molecule has 1 saturated heterocycles. The van der Waals surface area contributed by atoms with E-state index in [2.05, 4.69) is 0 Å². The Labute approximate surface area is 123 Å². The van der Waals surface area contributed by atoms with Gasteiger partial charge in [0, 0.05) is 19.0 Å². The summed E-state index contributed by atoms with van der Waals surface area (Å²) in [5.41, 5.74) is 0.915. The molecular weight excluding hydrogens is 273 g/mol. The van der Waals surface area contributed by atoms with Gasteiger partial charge in [0.15, 0.2) is 0 Å². The fourth-order valence-corrected chi connectivity index (χ4v) is 2.87. The second-order valence-corrected chi connectivity index (χ2v) is 5.64. The fraction of sp³-hybridized carbons (Fsp3) is 0.500. The maximum atomic E-state index is 12.9. The molecule has 0 saturated carbocycles. The number of hydrogen-bond acceptors (Lipinski definition) is 2. The Bertz CT molecular complexity index is 515. The summed E-state index contributed by atoms with van der Waals surface area (Å²) < 4.78 is 12.9. The van der Waals surface area contributed by atoms with E-state index in [9.17, 15) is 14.0 Å². The summed E-state index contributed by atoms with van der Waals surface area (Å²) in [5.74, 6) is -1.19. The Kier molecular flexibility index (Phi) is 4.94. The maximum Gasteiger partial charge on any atom is 0.305 e. The van der Waals surface area contributed by atoms with Crippen molar-refractivity contribution in [2.75, 3.05) is 6.54 Å². The minimum Gasteiger partial charge on any atom is -0.481 e. The molecule has 1 aliphatic rings. The number of rotatable bonds is 5. The Balaban J connectivity index is 1.96. The number of amides is 1. The molecule has 0 radical (unpaired) electrons. The highest BCUT2D eigenvalue weighted by atomic mass is 19.1. The number of nitrogens with zero attached hydrogens (tertiary/aromatic N) is 1. The number of likely N-dealkylation sites (tertiary alicyclic amines) is 1. The number of carboxylic acid groups (broad SMARTS) is 1. The van der Waals surface area contributed by atoms with Crippen LogP contribution in [0.4, 0.5) is 4.39 Å². The third kappa shape index (κ3) is 4.03. The largest absolute Gasteiger partial charge is 0.481 e. The Hall–Kier alpha value is -1.91. The van der Waals surface area contributed by atoms with Gasteiger partial charge in [0.05, 0.1) is 6.42 Å². The average molecular weight is 293 g/mol. The van der Waals surface area contributed by atoms with E-state index < -0.39 is 5.97 Å². The van der Waals surface area contributed by atoms with Gasteiger partial charge in [-0.15, -0.1) is 0 Å². The summed E-state index contributed by atoms with van der Waals surface area (Å²) >= 11 is 0. The van der Waals surface area contributed by atoms with E-state index >= 15 is 0 Å². The summed E-state index contributed by atoms with van der Waals surface area (Å²) in [7, 11) is 0. The van der Waals surface area contributed by atoms with Gasteiger partial charge in [-0.1, -0.05) is 19.1 Å². The van der Waals surface area contributed by atoms with E-state index in [-0.39, 0.29) is 30.1 Å². The zero-order valence-corrected chi connectivity index (χ0v) is 12.1. The quantitative estimate of drug-likeness (QED) is 0.908. The zero-order valence-electron chi connectivity index (χ0n) is 12.1. The van der Waals surface area contributed by atoms with Crippen LogP contribution in [0.25, 0.3) is 0 Å². The highest BCUT2D eigenvalue weighted by molar-refractivity contribution is 5.78. The second kappa shape index (κ2) is 6.70. The minimum atomic E-state index is -0.869. The number of carboxylic acids is 1. The molecule has 0 spiro atoms. The molecule has 114 valence electrons. The van der Waals surface area contributed by atoms with Crippen LogP contribution in [0.1, 0.15) is 44.1 Å². The molecule has 2 rings (SSSR count). The van der Waals surface area contributed by atoms with Gasteiger partial charge in [-0.2, -0.15) is 0 Å². The van der Waals surface area contributed by atoms with Crippen LogP contribution >= 0.6 is 0 Å². The number of halogens is 1.